The van der Waals surface area contributed by atoms with E-state index in [1.54, 1.807) is 0 Å². The maximum absolute atomic E-state index is 11.8. The van der Waals surface area contributed by atoms with Crippen LogP contribution in [0.15, 0.2) is 0 Å². The van der Waals surface area contributed by atoms with E-state index in [-0.39, 0.29) is 0 Å². The highest BCUT2D eigenvalue weighted by Gasteiger charge is 2.42. The number of carbonyl (C=O) groups is 1. The molecule has 1 unspecified atom stereocenters. The van der Waals surface area contributed by atoms with Crippen molar-refractivity contribution in [2.75, 3.05) is 32.7 Å². The summed E-state index contributed by atoms with van der Waals surface area (Å²) in [6.45, 7) is 9.50. The predicted octanol–water partition coefficient (Wildman–Crippen LogP) is 2.44. The molecule has 1 aliphatic carbocycles. The van der Waals surface area contributed by atoms with Crippen LogP contribution in [0.2, 0.25) is 0 Å². The first-order valence-corrected chi connectivity index (χ1v) is 8.31. The molecule has 1 saturated carbocycles. The Bertz CT molecular complexity index is 322. The number of nitrogens with zero attached hydrogens (tertiary/aromatic N) is 2. The molecule has 0 bridgehead atoms. The van der Waals surface area contributed by atoms with Gasteiger partial charge in [-0.1, -0.05) is 33.1 Å². The van der Waals surface area contributed by atoms with Gasteiger partial charge in [-0.25, -0.2) is 0 Å². The molecule has 1 aliphatic heterocycles. The van der Waals surface area contributed by atoms with Crippen LogP contribution in [0.4, 0.5) is 0 Å². The summed E-state index contributed by atoms with van der Waals surface area (Å²) in [4.78, 5) is 16.7. The van der Waals surface area contributed by atoms with Gasteiger partial charge in [0.15, 0.2) is 0 Å². The number of hydrogen-bond donors (Lipinski definition) is 1. The summed E-state index contributed by atoms with van der Waals surface area (Å²) in [5.41, 5.74) is -0.462. The van der Waals surface area contributed by atoms with Crippen LogP contribution >= 0.6 is 0 Å². The van der Waals surface area contributed by atoms with Crippen molar-refractivity contribution in [1.29, 1.82) is 0 Å². The molecule has 116 valence electrons. The summed E-state index contributed by atoms with van der Waals surface area (Å²) in [5.74, 6) is -0.566. The lowest BCUT2D eigenvalue weighted by Crippen LogP contribution is -2.45. The van der Waals surface area contributed by atoms with Crippen LogP contribution in [-0.4, -0.2) is 59.6 Å². The van der Waals surface area contributed by atoms with Gasteiger partial charge in [0.1, 0.15) is 0 Å². The second-order valence-electron chi connectivity index (χ2n) is 6.54. The van der Waals surface area contributed by atoms with Gasteiger partial charge in [0.05, 0.1) is 5.41 Å². The molecule has 2 fully saturated rings. The van der Waals surface area contributed by atoms with E-state index < -0.39 is 11.4 Å². The zero-order chi connectivity index (χ0) is 14.6. The summed E-state index contributed by atoms with van der Waals surface area (Å²) in [6.07, 6.45) is 6.30. The molecule has 1 atom stereocenters. The van der Waals surface area contributed by atoms with Crippen molar-refractivity contribution in [3.8, 4) is 0 Å². The summed E-state index contributed by atoms with van der Waals surface area (Å²) in [5, 5.41) is 9.68. The van der Waals surface area contributed by atoms with Crippen molar-refractivity contribution in [3.63, 3.8) is 0 Å². The van der Waals surface area contributed by atoms with Gasteiger partial charge in [-0.3, -0.25) is 9.69 Å². The smallest absolute Gasteiger partial charge is 0.310 e. The fourth-order valence-electron chi connectivity index (χ4n) is 4.09. The van der Waals surface area contributed by atoms with Crippen molar-refractivity contribution in [3.05, 3.63) is 0 Å². The number of aliphatic carboxylic acids is 1. The lowest BCUT2D eigenvalue weighted by Gasteiger charge is -2.36. The zero-order valence-corrected chi connectivity index (χ0v) is 13.1. The fourth-order valence-corrected chi connectivity index (χ4v) is 4.09. The molecule has 0 amide bonds. The average Bonchev–Trinajstić information content (AvgIpc) is 2.89. The zero-order valence-electron chi connectivity index (χ0n) is 13.1. The third-order valence-electron chi connectivity index (χ3n) is 5.37. The molecule has 1 heterocycles. The number of carboxylic acids is 1. The van der Waals surface area contributed by atoms with E-state index in [9.17, 15) is 9.90 Å². The maximum Gasteiger partial charge on any atom is 0.310 e. The van der Waals surface area contributed by atoms with Gasteiger partial charge >= 0.3 is 5.97 Å². The second kappa shape index (κ2) is 6.90. The first-order chi connectivity index (χ1) is 9.61. The fraction of sp³-hybridized carbons (Fsp3) is 0.938. The number of hydrogen-bond acceptors (Lipinski definition) is 3. The van der Waals surface area contributed by atoms with Gasteiger partial charge in [0.2, 0.25) is 0 Å². The SMILES string of the molecule is CCN(CC)C1CCN(CC2(C(=O)O)CCCCC2)C1. The molecule has 2 aliphatic rings. The van der Waals surface area contributed by atoms with Gasteiger partial charge in [0, 0.05) is 19.1 Å². The van der Waals surface area contributed by atoms with E-state index in [4.69, 9.17) is 0 Å². The Labute approximate surface area is 123 Å². The van der Waals surface area contributed by atoms with Crippen molar-refractivity contribution in [2.45, 2.75) is 58.4 Å². The first kappa shape index (κ1) is 15.8. The molecule has 0 aromatic carbocycles. The quantitative estimate of drug-likeness (QED) is 0.812. The van der Waals surface area contributed by atoms with Gasteiger partial charge < -0.3 is 10.0 Å². The Morgan fingerprint density at radius 2 is 1.90 bits per heavy atom. The monoisotopic (exact) mass is 282 g/mol. The van der Waals surface area contributed by atoms with Gasteiger partial charge in [-0.2, -0.15) is 0 Å². The van der Waals surface area contributed by atoms with Crippen LogP contribution < -0.4 is 0 Å². The highest BCUT2D eigenvalue weighted by atomic mass is 16.4. The van der Waals surface area contributed by atoms with E-state index in [2.05, 4.69) is 23.6 Å². The normalized spacial score (nSPS) is 27.1. The second-order valence-corrected chi connectivity index (χ2v) is 6.54. The van der Waals surface area contributed by atoms with Crippen LogP contribution in [0, 0.1) is 5.41 Å². The minimum atomic E-state index is -0.566. The molecule has 0 spiro atoms. The standard InChI is InChI=1S/C16H30N2O2/c1-3-18(4-2)14-8-11-17(12-14)13-16(15(19)20)9-6-5-7-10-16/h14H,3-13H2,1-2H3,(H,19,20). The highest BCUT2D eigenvalue weighted by Crippen LogP contribution is 2.38. The van der Waals surface area contributed by atoms with E-state index in [0.717, 1.165) is 58.4 Å². The van der Waals surface area contributed by atoms with Crippen LogP contribution in [-0.2, 0) is 4.79 Å². The molecule has 0 aromatic rings. The minimum Gasteiger partial charge on any atom is -0.481 e. The van der Waals surface area contributed by atoms with Gasteiger partial charge in [-0.05, 0) is 38.9 Å². The lowest BCUT2D eigenvalue weighted by atomic mass is 9.73. The highest BCUT2D eigenvalue weighted by molar-refractivity contribution is 5.75. The van der Waals surface area contributed by atoms with Gasteiger partial charge in [0.25, 0.3) is 0 Å². The molecule has 4 nitrogen and oxygen atoms in total. The Balaban J connectivity index is 1.94. The minimum absolute atomic E-state index is 0.462. The third kappa shape index (κ3) is 3.34. The molecular weight excluding hydrogens is 252 g/mol. The Morgan fingerprint density at radius 1 is 1.25 bits per heavy atom. The Morgan fingerprint density at radius 3 is 2.45 bits per heavy atom. The Kier molecular flexibility index (Phi) is 5.44. The van der Waals surface area contributed by atoms with Crippen LogP contribution in [0.1, 0.15) is 52.4 Å². The number of likely N-dealkylation sites (N-methyl/N-ethyl adjacent to an activating group) is 1. The van der Waals surface area contributed by atoms with Crippen molar-refractivity contribution >= 4 is 5.97 Å². The van der Waals surface area contributed by atoms with E-state index in [0.29, 0.717) is 6.04 Å². The van der Waals surface area contributed by atoms with Gasteiger partial charge in [-0.15, -0.1) is 0 Å². The molecule has 20 heavy (non-hydrogen) atoms. The molecule has 1 saturated heterocycles. The van der Waals surface area contributed by atoms with Crippen molar-refractivity contribution in [1.82, 2.24) is 9.80 Å². The van der Waals surface area contributed by atoms with Crippen LogP contribution in [0.3, 0.4) is 0 Å². The molecule has 0 aromatic heterocycles. The summed E-state index contributed by atoms with van der Waals surface area (Å²) in [7, 11) is 0. The molecule has 2 rings (SSSR count). The molecule has 0 radical (unpaired) electrons. The summed E-state index contributed by atoms with van der Waals surface area (Å²) >= 11 is 0. The Hall–Kier alpha value is -0.610. The largest absolute Gasteiger partial charge is 0.481 e. The summed E-state index contributed by atoms with van der Waals surface area (Å²) < 4.78 is 0. The number of rotatable bonds is 6. The first-order valence-electron chi connectivity index (χ1n) is 8.31. The van der Waals surface area contributed by atoms with Crippen molar-refractivity contribution in [2.24, 2.45) is 5.41 Å². The maximum atomic E-state index is 11.8. The topological polar surface area (TPSA) is 43.8 Å². The lowest BCUT2D eigenvalue weighted by molar-refractivity contribution is -0.152. The van der Waals surface area contributed by atoms with Crippen LogP contribution in [0.25, 0.3) is 0 Å². The van der Waals surface area contributed by atoms with E-state index >= 15 is 0 Å². The predicted molar refractivity (Wildman–Crippen MR) is 80.9 cm³/mol. The summed E-state index contributed by atoms with van der Waals surface area (Å²) in [6, 6.07) is 0.624. The van der Waals surface area contributed by atoms with E-state index in [1.165, 1.54) is 12.8 Å². The molecule has 1 N–H and O–H groups in total. The average molecular weight is 282 g/mol. The number of likely N-dealkylation sites (tertiary alicyclic amines) is 1. The third-order valence-corrected chi connectivity index (χ3v) is 5.37. The molecular formula is C16H30N2O2. The van der Waals surface area contributed by atoms with Crippen molar-refractivity contribution < 1.29 is 9.90 Å². The van der Waals surface area contributed by atoms with E-state index in [1.807, 2.05) is 0 Å². The molecule has 4 heteroatoms. The number of carboxylic acid groups (broad SMARTS) is 1. The van der Waals surface area contributed by atoms with Crippen LogP contribution in [0.5, 0.6) is 0 Å².